The quantitative estimate of drug-likeness (QED) is 0.655. The fraction of sp³-hybridized carbons (Fsp3) is 0.176. The molecule has 1 heterocycles. The molecule has 1 aromatic heterocycles. The van der Waals surface area contributed by atoms with Crippen molar-refractivity contribution in [3.63, 3.8) is 0 Å². The first-order valence-electron chi connectivity index (χ1n) is 7.20. The lowest BCUT2D eigenvalue weighted by Crippen LogP contribution is -2.32. The highest BCUT2D eigenvalue weighted by Gasteiger charge is 2.21. The lowest BCUT2D eigenvalue weighted by atomic mass is 10.2. The Balaban J connectivity index is 2.42. The van der Waals surface area contributed by atoms with Crippen LogP contribution in [0, 0.1) is 23.2 Å². The second-order valence-corrected chi connectivity index (χ2v) is 5.12. The summed E-state index contributed by atoms with van der Waals surface area (Å²) in [5, 5.41) is 9.20. The van der Waals surface area contributed by atoms with E-state index in [0.29, 0.717) is 29.5 Å². The van der Waals surface area contributed by atoms with Gasteiger partial charge in [0.25, 0.3) is 0 Å². The van der Waals surface area contributed by atoms with Gasteiger partial charge in [0.05, 0.1) is 24.7 Å². The number of primary amides is 1. The molecule has 1 aromatic carbocycles. The van der Waals surface area contributed by atoms with Crippen LogP contribution in [0.1, 0.15) is 19.0 Å². The molecule has 0 fully saturated rings. The minimum atomic E-state index is -0.792. The number of hydrogen-bond donors (Lipinski definition) is 1. The smallest absolute Gasteiger partial charge is 0.325 e. The number of nitriles is 1. The van der Waals surface area contributed by atoms with Crippen LogP contribution in [0.4, 0.5) is 16.3 Å². The van der Waals surface area contributed by atoms with Crippen molar-refractivity contribution in [2.45, 2.75) is 13.3 Å². The van der Waals surface area contributed by atoms with Crippen LogP contribution in [0.2, 0.25) is 5.02 Å². The van der Waals surface area contributed by atoms with Crippen LogP contribution < -0.4 is 15.4 Å². The van der Waals surface area contributed by atoms with E-state index in [0.717, 1.165) is 4.90 Å². The third-order valence-electron chi connectivity index (χ3n) is 3.03. The Labute approximate surface area is 150 Å². The molecule has 0 bridgehead atoms. The highest BCUT2D eigenvalue weighted by Crippen LogP contribution is 2.35. The van der Waals surface area contributed by atoms with Gasteiger partial charge in [0, 0.05) is 11.4 Å². The van der Waals surface area contributed by atoms with Gasteiger partial charge in [-0.15, -0.1) is 11.8 Å². The highest BCUT2D eigenvalue weighted by molar-refractivity contribution is 6.31. The molecular formula is C17H14ClN5O2. The summed E-state index contributed by atoms with van der Waals surface area (Å²) in [4.78, 5) is 21.0. The van der Waals surface area contributed by atoms with Gasteiger partial charge in [-0.1, -0.05) is 11.6 Å². The predicted molar refractivity (Wildman–Crippen MR) is 93.5 cm³/mol. The molecule has 0 spiro atoms. The van der Waals surface area contributed by atoms with Gasteiger partial charge in [0.2, 0.25) is 0 Å². The van der Waals surface area contributed by atoms with Gasteiger partial charge in [0.1, 0.15) is 11.8 Å². The minimum Gasteiger partial charge on any atom is -0.490 e. The molecular weight excluding hydrogens is 342 g/mol. The molecule has 0 saturated carbocycles. The normalized spacial score (nSPS) is 9.48. The molecule has 7 nitrogen and oxygen atoms in total. The second-order valence-electron chi connectivity index (χ2n) is 4.68. The first-order valence-corrected chi connectivity index (χ1v) is 7.58. The summed E-state index contributed by atoms with van der Waals surface area (Å²) in [5.41, 5.74) is 5.94. The van der Waals surface area contributed by atoms with E-state index < -0.39 is 6.03 Å². The highest BCUT2D eigenvalue weighted by atomic mass is 35.5. The molecule has 0 radical (unpaired) electrons. The van der Waals surface area contributed by atoms with Gasteiger partial charge in [0.15, 0.2) is 11.5 Å². The molecule has 0 saturated heterocycles. The number of ether oxygens (including phenoxy) is 1. The van der Waals surface area contributed by atoms with Crippen LogP contribution in [0.3, 0.4) is 0 Å². The van der Waals surface area contributed by atoms with E-state index >= 15 is 0 Å². The van der Waals surface area contributed by atoms with Crippen molar-refractivity contribution in [3.8, 4) is 23.7 Å². The second kappa shape index (κ2) is 8.53. The molecule has 2 rings (SSSR count). The monoisotopic (exact) mass is 355 g/mol. The zero-order valence-electron chi connectivity index (χ0n) is 13.4. The topological polar surface area (TPSA) is 105 Å². The number of amides is 2. The lowest BCUT2D eigenvalue weighted by molar-refractivity contribution is 0.255. The summed E-state index contributed by atoms with van der Waals surface area (Å²) in [6, 6.07) is 5.86. The SMILES string of the molecule is CC#CCCOc1ccc(Cl)cc1N(C(N)=O)c1cnc(C#N)cn1. The number of carbonyl (C=O) groups is 1. The number of anilines is 2. The van der Waals surface area contributed by atoms with Gasteiger partial charge < -0.3 is 10.5 Å². The molecule has 0 aliphatic rings. The molecule has 0 aliphatic carbocycles. The van der Waals surface area contributed by atoms with Crippen molar-refractivity contribution >= 4 is 29.1 Å². The van der Waals surface area contributed by atoms with E-state index in [2.05, 4.69) is 21.8 Å². The Kier molecular flexibility index (Phi) is 6.16. The van der Waals surface area contributed by atoms with Crippen LogP contribution in [-0.2, 0) is 0 Å². The van der Waals surface area contributed by atoms with Crippen LogP contribution in [0.5, 0.6) is 5.75 Å². The number of nitrogens with two attached hydrogens (primary N) is 1. The number of urea groups is 1. The van der Waals surface area contributed by atoms with Gasteiger partial charge in [-0.3, -0.25) is 0 Å². The summed E-state index contributed by atoms with van der Waals surface area (Å²) in [6.07, 6.45) is 3.05. The molecule has 0 atom stereocenters. The Morgan fingerprint density at radius 3 is 2.80 bits per heavy atom. The van der Waals surface area contributed by atoms with Crippen LogP contribution in [0.15, 0.2) is 30.6 Å². The fourth-order valence-electron chi connectivity index (χ4n) is 1.97. The van der Waals surface area contributed by atoms with Gasteiger partial charge >= 0.3 is 6.03 Å². The van der Waals surface area contributed by atoms with Crippen molar-refractivity contribution in [1.82, 2.24) is 9.97 Å². The van der Waals surface area contributed by atoms with Crippen molar-refractivity contribution in [1.29, 1.82) is 5.26 Å². The van der Waals surface area contributed by atoms with Crippen molar-refractivity contribution < 1.29 is 9.53 Å². The maximum Gasteiger partial charge on any atom is 0.325 e. The molecule has 2 amide bonds. The number of halogens is 1. The molecule has 8 heteroatoms. The molecule has 25 heavy (non-hydrogen) atoms. The largest absolute Gasteiger partial charge is 0.490 e. The summed E-state index contributed by atoms with van der Waals surface area (Å²) in [5.74, 6) is 6.20. The first-order chi connectivity index (χ1) is 12.1. The van der Waals surface area contributed by atoms with E-state index in [9.17, 15) is 4.79 Å². The van der Waals surface area contributed by atoms with Crippen molar-refractivity contribution in [2.24, 2.45) is 5.73 Å². The van der Waals surface area contributed by atoms with E-state index in [1.165, 1.54) is 18.5 Å². The summed E-state index contributed by atoms with van der Waals surface area (Å²) >= 11 is 6.05. The lowest BCUT2D eigenvalue weighted by Gasteiger charge is -2.22. The number of hydrogen-bond acceptors (Lipinski definition) is 5. The minimum absolute atomic E-state index is 0.119. The number of aromatic nitrogens is 2. The van der Waals surface area contributed by atoms with E-state index in [4.69, 9.17) is 27.3 Å². The number of carbonyl (C=O) groups excluding carboxylic acids is 1. The number of benzene rings is 1. The Hall–Kier alpha value is -3.29. The predicted octanol–water partition coefficient (Wildman–Crippen LogP) is 3.01. The average molecular weight is 356 g/mol. The molecule has 2 N–H and O–H groups in total. The van der Waals surface area contributed by atoms with Gasteiger partial charge in [-0.05, 0) is 25.1 Å². The third-order valence-corrected chi connectivity index (χ3v) is 3.26. The maximum atomic E-state index is 12.0. The summed E-state index contributed by atoms with van der Waals surface area (Å²) in [6.45, 7) is 2.08. The van der Waals surface area contributed by atoms with Crippen LogP contribution in [-0.4, -0.2) is 22.6 Å². The van der Waals surface area contributed by atoms with Gasteiger partial charge in [-0.2, -0.15) is 5.26 Å². The molecule has 2 aromatic rings. The van der Waals surface area contributed by atoms with Crippen LogP contribution in [0.25, 0.3) is 0 Å². The first kappa shape index (κ1) is 18.1. The number of nitrogens with zero attached hydrogens (tertiary/aromatic N) is 4. The Morgan fingerprint density at radius 2 is 2.20 bits per heavy atom. The zero-order valence-corrected chi connectivity index (χ0v) is 14.1. The van der Waals surface area contributed by atoms with E-state index in [1.54, 1.807) is 19.1 Å². The number of rotatable bonds is 5. The standard InChI is InChI=1S/C17H14ClN5O2/c1-2-3-4-7-25-15-6-5-12(18)8-14(15)23(17(20)24)16-11-21-13(9-19)10-22-16/h5-6,8,10-11H,4,7H2,1H3,(H2,20,24). The maximum absolute atomic E-state index is 12.0. The zero-order chi connectivity index (χ0) is 18.2. The average Bonchev–Trinajstić information content (AvgIpc) is 2.61. The van der Waals surface area contributed by atoms with E-state index in [1.807, 2.05) is 6.07 Å². The van der Waals surface area contributed by atoms with Crippen molar-refractivity contribution in [2.75, 3.05) is 11.5 Å². The Morgan fingerprint density at radius 1 is 1.40 bits per heavy atom. The summed E-state index contributed by atoms with van der Waals surface area (Å²) in [7, 11) is 0. The van der Waals surface area contributed by atoms with Gasteiger partial charge in [-0.25, -0.2) is 19.7 Å². The molecule has 126 valence electrons. The van der Waals surface area contributed by atoms with Crippen molar-refractivity contribution in [3.05, 3.63) is 41.3 Å². The fourth-order valence-corrected chi connectivity index (χ4v) is 2.14. The Bertz CT molecular complexity index is 865. The molecule has 0 unspecified atom stereocenters. The summed E-state index contributed by atoms with van der Waals surface area (Å²) < 4.78 is 5.68. The van der Waals surface area contributed by atoms with E-state index in [-0.39, 0.29) is 11.5 Å². The van der Waals surface area contributed by atoms with Crippen LogP contribution >= 0.6 is 11.6 Å². The molecule has 0 aliphatic heterocycles. The third kappa shape index (κ3) is 4.60.